The quantitative estimate of drug-likeness (QED) is 0.763. The molecule has 144 valence electrons. The van der Waals surface area contributed by atoms with Crippen molar-refractivity contribution in [2.24, 2.45) is 5.73 Å². The van der Waals surface area contributed by atoms with E-state index < -0.39 is 17.9 Å². The molecule has 0 aliphatic carbocycles. The fraction of sp³-hybridized carbons (Fsp3) is 0.389. The van der Waals surface area contributed by atoms with Crippen LogP contribution in [0.1, 0.15) is 25.8 Å². The summed E-state index contributed by atoms with van der Waals surface area (Å²) in [6.45, 7) is 2.88. The molecule has 0 saturated carbocycles. The lowest BCUT2D eigenvalue weighted by Crippen LogP contribution is -2.46. The van der Waals surface area contributed by atoms with Crippen LogP contribution in [0.25, 0.3) is 0 Å². The zero-order valence-corrected chi connectivity index (χ0v) is 15.1. The third-order valence-electron chi connectivity index (χ3n) is 4.51. The van der Waals surface area contributed by atoms with Gasteiger partial charge in [-0.3, -0.25) is 10.1 Å². The molecule has 9 heteroatoms. The third-order valence-corrected chi connectivity index (χ3v) is 4.51. The molecule has 1 aromatic carbocycles. The molecule has 0 unspecified atom stereocenters. The number of hydrogen-bond acceptors (Lipinski definition) is 4. The summed E-state index contributed by atoms with van der Waals surface area (Å²) in [7, 11) is 0. The van der Waals surface area contributed by atoms with Gasteiger partial charge < -0.3 is 16.0 Å². The van der Waals surface area contributed by atoms with E-state index in [1.165, 1.54) is 18.2 Å². The molecule has 1 atom stereocenters. The zero-order chi connectivity index (χ0) is 19.4. The molecule has 4 N–H and O–H groups in total. The molecule has 27 heavy (non-hydrogen) atoms. The van der Waals surface area contributed by atoms with Gasteiger partial charge in [0.05, 0.1) is 18.3 Å². The summed E-state index contributed by atoms with van der Waals surface area (Å²) in [5.74, 6) is 0.0635. The first-order chi connectivity index (χ1) is 12.9. The highest BCUT2D eigenvalue weighted by molar-refractivity contribution is 5.99. The number of aromatic nitrogens is 2. The van der Waals surface area contributed by atoms with Crippen molar-refractivity contribution in [2.75, 3.05) is 23.7 Å². The second-order valence-corrected chi connectivity index (χ2v) is 6.60. The largest absolute Gasteiger partial charge is 0.341 e. The lowest BCUT2D eigenvalue weighted by atomic mass is 10.0. The van der Waals surface area contributed by atoms with E-state index in [9.17, 15) is 14.0 Å². The molecular weight excluding hydrogens is 351 g/mol. The Balaban J connectivity index is 1.60. The van der Waals surface area contributed by atoms with Gasteiger partial charge in [0.1, 0.15) is 11.6 Å². The van der Waals surface area contributed by atoms with Gasteiger partial charge in [-0.25, -0.2) is 13.9 Å². The Morgan fingerprint density at radius 2 is 2.00 bits per heavy atom. The smallest absolute Gasteiger partial charge is 0.324 e. The molecule has 0 bridgehead atoms. The van der Waals surface area contributed by atoms with Crippen molar-refractivity contribution >= 4 is 23.4 Å². The summed E-state index contributed by atoms with van der Waals surface area (Å²) in [6.07, 6.45) is 3.05. The Morgan fingerprint density at radius 1 is 1.26 bits per heavy atom. The van der Waals surface area contributed by atoms with Crippen LogP contribution < -0.4 is 16.4 Å². The van der Waals surface area contributed by atoms with Gasteiger partial charge in [0.2, 0.25) is 5.91 Å². The van der Waals surface area contributed by atoms with Crippen LogP contribution in [0.3, 0.4) is 0 Å². The van der Waals surface area contributed by atoms with E-state index in [2.05, 4.69) is 15.7 Å². The van der Waals surface area contributed by atoms with E-state index in [0.717, 1.165) is 12.8 Å². The minimum atomic E-state index is -0.505. The van der Waals surface area contributed by atoms with E-state index in [4.69, 9.17) is 5.73 Å². The van der Waals surface area contributed by atoms with Gasteiger partial charge in [-0.2, -0.15) is 5.10 Å². The molecule has 1 saturated heterocycles. The van der Waals surface area contributed by atoms with Crippen molar-refractivity contribution in [3.63, 3.8) is 0 Å². The van der Waals surface area contributed by atoms with Crippen LogP contribution >= 0.6 is 0 Å². The minimum Gasteiger partial charge on any atom is -0.341 e. The van der Waals surface area contributed by atoms with E-state index in [0.29, 0.717) is 24.6 Å². The predicted octanol–water partition coefficient (Wildman–Crippen LogP) is 2.18. The molecule has 1 fully saturated rings. The highest BCUT2D eigenvalue weighted by atomic mass is 19.1. The normalized spacial score (nSPS) is 16.0. The molecule has 3 rings (SSSR count). The molecule has 8 nitrogen and oxygen atoms in total. The van der Waals surface area contributed by atoms with Gasteiger partial charge in [-0.1, -0.05) is 6.07 Å². The number of hydrogen-bond donors (Lipinski definition) is 3. The summed E-state index contributed by atoms with van der Waals surface area (Å²) in [5, 5.41) is 9.63. The molecular formula is C18H23FN6O2. The number of rotatable bonds is 4. The number of nitrogens with zero attached hydrogens (tertiary/aromatic N) is 3. The van der Waals surface area contributed by atoms with Gasteiger partial charge in [0.15, 0.2) is 0 Å². The molecule has 1 aliphatic heterocycles. The lowest BCUT2D eigenvalue weighted by molar-refractivity contribution is -0.133. The third kappa shape index (κ3) is 4.62. The molecule has 1 aromatic heterocycles. The number of anilines is 2. The average molecular weight is 374 g/mol. The minimum absolute atomic E-state index is 0.0539. The Hall–Kier alpha value is -2.94. The van der Waals surface area contributed by atoms with Crippen LogP contribution in [0.4, 0.5) is 20.7 Å². The SMILES string of the molecule is C[C@@H](N)C(=O)N1CCC(n2nccc2NC(=O)Nc2cccc(F)c2)CC1. The number of carbonyl (C=O) groups excluding carboxylic acids is 2. The van der Waals surface area contributed by atoms with Crippen LogP contribution in [0.5, 0.6) is 0 Å². The van der Waals surface area contributed by atoms with Crippen LogP contribution in [0.15, 0.2) is 36.5 Å². The maximum absolute atomic E-state index is 13.2. The monoisotopic (exact) mass is 374 g/mol. The number of nitrogens with one attached hydrogen (secondary N) is 2. The maximum Gasteiger partial charge on any atom is 0.324 e. The van der Waals surface area contributed by atoms with Gasteiger partial charge in [-0.05, 0) is 38.0 Å². The van der Waals surface area contributed by atoms with Crippen molar-refractivity contribution < 1.29 is 14.0 Å². The van der Waals surface area contributed by atoms with Crippen molar-refractivity contribution in [3.05, 3.63) is 42.3 Å². The van der Waals surface area contributed by atoms with Gasteiger partial charge in [-0.15, -0.1) is 0 Å². The fourth-order valence-electron chi connectivity index (χ4n) is 3.17. The number of piperidine rings is 1. The molecule has 1 aliphatic rings. The Bertz CT molecular complexity index is 814. The second-order valence-electron chi connectivity index (χ2n) is 6.60. The highest BCUT2D eigenvalue weighted by Gasteiger charge is 2.27. The standard InChI is InChI=1S/C18H23FN6O2/c1-12(20)17(26)24-9-6-15(7-10-24)25-16(5-8-21-25)23-18(27)22-14-4-2-3-13(19)11-14/h2-5,8,11-12,15H,6-7,9-10,20H2,1H3,(H2,22,23,27)/t12-/m1/s1. The molecule has 0 spiro atoms. The van der Waals surface area contributed by atoms with Crippen molar-refractivity contribution in [1.82, 2.24) is 14.7 Å². The van der Waals surface area contributed by atoms with E-state index in [-0.39, 0.29) is 11.9 Å². The molecule has 2 heterocycles. The van der Waals surface area contributed by atoms with Crippen LogP contribution in [0.2, 0.25) is 0 Å². The van der Waals surface area contributed by atoms with Crippen molar-refractivity contribution in [2.45, 2.75) is 31.8 Å². The van der Waals surface area contributed by atoms with Crippen LogP contribution in [-0.2, 0) is 4.79 Å². The molecule has 0 radical (unpaired) electrons. The number of urea groups is 1. The summed E-state index contributed by atoms with van der Waals surface area (Å²) in [4.78, 5) is 25.9. The van der Waals surface area contributed by atoms with Crippen LogP contribution in [-0.4, -0.2) is 45.8 Å². The number of likely N-dealkylation sites (tertiary alicyclic amines) is 1. The number of benzene rings is 1. The molecule has 3 amide bonds. The maximum atomic E-state index is 13.2. The first kappa shape index (κ1) is 18.8. The number of amides is 3. The second kappa shape index (κ2) is 8.17. The van der Waals surface area contributed by atoms with E-state index in [1.54, 1.807) is 34.8 Å². The highest BCUT2D eigenvalue weighted by Crippen LogP contribution is 2.25. The van der Waals surface area contributed by atoms with Gasteiger partial charge in [0.25, 0.3) is 0 Å². The average Bonchev–Trinajstić information content (AvgIpc) is 3.09. The summed E-state index contributed by atoms with van der Waals surface area (Å²) in [5.41, 5.74) is 6.02. The van der Waals surface area contributed by atoms with Crippen molar-refractivity contribution in [1.29, 1.82) is 0 Å². The Kier molecular flexibility index (Phi) is 5.70. The summed E-state index contributed by atoms with van der Waals surface area (Å²) < 4.78 is 15.0. The van der Waals surface area contributed by atoms with E-state index >= 15 is 0 Å². The summed E-state index contributed by atoms with van der Waals surface area (Å²) in [6, 6.07) is 6.45. The predicted molar refractivity (Wildman–Crippen MR) is 99.8 cm³/mol. The summed E-state index contributed by atoms with van der Waals surface area (Å²) >= 11 is 0. The Labute approximate surface area is 156 Å². The number of halogens is 1. The Morgan fingerprint density at radius 3 is 2.67 bits per heavy atom. The van der Waals surface area contributed by atoms with Gasteiger partial charge >= 0.3 is 6.03 Å². The van der Waals surface area contributed by atoms with Crippen LogP contribution in [0, 0.1) is 5.82 Å². The first-order valence-corrected chi connectivity index (χ1v) is 8.85. The topological polar surface area (TPSA) is 105 Å². The van der Waals surface area contributed by atoms with Crippen molar-refractivity contribution in [3.8, 4) is 0 Å². The molecule has 2 aromatic rings. The lowest BCUT2D eigenvalue weighted by Gasteiger charge is -2.33. The van der Waals surface area contributed by atoms with E-state index in [1.807, 2.05) is 0 Å². The number of carbonyl (C=O) groups is 2. The van der Waals surface area contributed by atoms with Gasteiger partial charge in [0, 0.05) is 24.8 Å². The number of nitrogens with two attached hydrogens (primary N) is 1. The first-order valence-electron chi connectivity index (χ1n) is 8.85. The fourth-order valence-corrected chi connectivity index (χ4v) is 3.17. The zero-order valence-electron chi connectivity index (χ0n) is 15.1.